The van der Waals surface area contributed by atoms with Crippen LogP contribution < -0.4 is 5.32 Å². The Kier molecular flexibility index (Phi) is 7.47. The molecule has 1 amide bonds. The molecule has 3 atom stereocenters. The lowest BCUT2D eigenvalue weighted by molar-refractivity contribution is -0.178. The minimum atomic E-state index is -4.67. The number of hydrogen-bond acceptors (Lipinski definition) is 2. The van der Waals surface area contributed by atoms with Crippen molar-refractivity contribution in [1.82, 2.24) is 0 Å². The number of aliphatic carboxylic acids is 1. The lowest BCUT2D eigenvalue weighted by Gasteiger charge is -2.26. The molecule has 2 rings (SSSR count). The number of carbonyl (C=O) groups is 2. The van der Waals surface area contributed by atoms with Gasteiger partial charge in [0, 0.05) is 5.02 Å². The predicted molar refractivity (Wildman–Crippen MR) is 105 cm³/mol. The lowest BCUT2D eigenvalue weighted by Crippen LogP contribution is -2.34. The number of carboxylic acids is 1. The van der Waals surface area contributed by atoms with Crippen LogP contribution in [-0.2, 0) is 9.59 Å². The molecule has 0 aliphatic carbocycles. The molecule has 0 aliphatic rings. The summed E-state index contributed by atoms with van der Waals surface area (Å²) >= 11 is 5.78. The molecule has 0 unspecified atom stereocenters. The van der Waals surface area contributed by atoms with E-state index < -0.39 is 41.6 Å². The van der Waals surface area contributed by atoms with Crippen LogP contribution in [0.5, 0.6) is 0 Å². The van der Waals surface area contributed by atoms with Gasteiger partial charge in [-0.3, -0.25) is 9.59 Å². The first kappa shape index (κ1) is 23.7. The van der Waals surface area contributed by atoms with E-state index in [1.165, 1.54) is 36.4 Å². The third-order valence-electron chi connectivity index (χ3n) is 4.83. The minimum Gasteiger partial charge on any atom is -0.481 e. The van der Waals surface area contributed by atoms with Gasteiger partial charge in [-0.15, -0.1) is 0 Å². The molecule has 0 aromatic heterocycles. The topological polar surface area (TPSA) is 66.4 Å². The van der Waals surface area contributed by atoms with E-state index in [0.717, 1.165) is 13.0 Å². The Labute approximate surface area is 175 Å². The first-order valence-corrected chi connectivity index (χ1v) is 9.42. The van der Waals surface area contributed by atoms with E-state index in [4.69, 9.17) is 16.7 Å². The number of carboxylic acid groups (broad SMARTS) is 1. The molecule has 0 bridgehead atoms. The lowest BCUT2D eigenvalue weighted by atomic mass is 9.85. The SMILES string of the molecule is C[C@H]([C@H](C(=O)Nc1cc([C@@H](C)CC(=O)O)ccc1F)c1ccc(Cl)cc1)C(F)(F)F. The Morgan fingerprint density at radius 2 is 1.63 bits per heavy atom. The molecule has 9 heteroatoms. The molecule has 0 fully saturated rings. The van der Waals surface area contributed by atoms with E-state index in [1.54, 1.807) is 6.92 Å². The van der Waals surface area contributed by atoms with Crippen molar-refractivity contribution >= 4 is 29.2 Å². The summed E-state index contributed by atoms with van der Waals surface area (Å²) in [5.74, 6) is -7.11. The summed E-state index contributed by atoms with van der Waals surface area (Å²) < 4.78 is 54.4. The van der Waals surface area contributed by atoms with Crippen LogP contribution in [0.3, 0.4) is 0 Å². The zero-order valence-corrected chi connectivity index (χ0v) is 16.9. The van der Waals surface area contributed by atoms with E-state index in [1.807, 2.05) is 0 Å². The monoisotopic (exact) mass is 445 g/mol. The van der Waals surface area contributed by atoms with Gasteiger partial charge in [0.2, 0.25) is 5.91 Å². The third-order valence-corrected chi connectivity index (χ3v) is 5.08. The normalized spacial score (nSPS) is 14.6. The number of benzene rings is 2. The summed E-state index contributed by atoms with van der Waals surface area (Å²) in [6.07, 6.45) is -4.89. The van der Waals surface area contributed by atoms with Crippen molar-refractivity contribution in [2.24, 2.45) is 5.92 Å². The number of carbonyl (C=O) groups excluding carboxylic acids is 1. The molecule has 0 saturated carbocycles. The first-order chi connectivity index (χ1) is 13.9. The van der Waals surface area contributed by atoms with E-state index in [0.29, 0.717) is 10.6 Å². The summed E-state index contributed by atoms with van der Waals surface area (Å²) in [5.41, 5.74) is 0.196. The minimum absolute atomic E-state index is 0.0810. The molecule has 2 aromatic rings. The Morgan fingerprint density at radius 1 is 1.07 bits per heavy atom. The molecule has 0 radical (unpaired) electrons. The van der Waals surface area contributed by atoms with E-state index in [-0.39, 0.29) is 17.7 Å². The van der Waals surface area contributed by atoms with Gasteiger partial charge >= 0.3 is 12.1 Å². The van der Waals surface area contributed by atoms with Gasteiger partial charge in [-0.25, -0.2) is 4.39 Å². The number of nitrogens with one attached hydrogen (secondary N) is 1. The van der Waals surface area contributed by atoms with Crippen molar-refractivity contribution in [3.8, 4) is 0 Å². The smallest absolute Gasteiger partial charge is 0.392 e. The van der Waals surface area contributed by atoms with Crippen molar-refractivity contribution in [3.05, 3.63) is 64.4 Å². The van der Waals surface area contributed by atoms with Crippen LogP contribution in [0.25, 0.3) is 0 Å². The Morgan fingerprint density at radius 3 is 2.17 bits per heavy atom. The van der Waals surface area contributed by atoms with Crippen molar-refractivity contribution in [2.75, 3.05) is 5.32 Å². The molecule has 2 N–H and O–H groups in total. The molecule has 0 spiro atoms. The maximum atomic E-state index is 14.2. The van der Waals surface area contributed by atoms with Crippen LogP contribution >= 0.6 is 11.6 Å². The maximum Gasteiger partial charge on any atom is 0.392 e. The third kappa shape index (κ3) is 5.95. The molecule has 2 aromatic carbocycles. The van der Waals surface area contributed by atoms with Crippen molar-refractivity contribution < 1.29 is 32.3 Å². The van der Waals surface area contributed by atoms with Gasteiger partial charge in [0.25, 0.3) is 0 Å². The summed E-state index contributed by atoms with van der Waals surface area (Å²) in [6.45, 7) is 2.48. The second-order valence-electron chi connectivity index (χ2n) is 7.09. The zero-order chi connectivity index (χ0) is 22.6. The standard InChI is InChI=1S/C21H20ClF4NO3/c1-11(9-18(28)29)14-5-8-16(23)17(10-14)27-20(30)19(12(2)21(24,25)26)13-3-6-15(22)7-4-13/h3-8,10-12,19H,9H2,1-2H3,(H,27,30)(H,28,29)/t11-,12+,19-/m0/s1. The zero-order valence-electron chi connectivity index (χ0n) is 16.1. The first-order valence-electron chi connectivity index (χ1n) is 9.04. The quantitative estimate of drug-likeness (QED) is 0.515. The van der Waals surface area contributed by atoms with Gasteiger partial charge < -0.3 is 10.4 Å². The van der Waals surface area contributed by atoms with Gasteiger partial charge in [0.05, 0.1) is 23.9 Å². The van der Waals surface area contributed by atoms with Gasteiger partial charge in [-0.05, 0) is 41.3 Å². The maximum absolute atomic E-state index is 14.2. The number of rotatable bonds is 7. The van der Waals surface area contributed by atoms with Gasteiger partial charge in [-0.1, -0.05) is 43.6 Å². The van der Waals surface area contributed by atoms with Crippen LogP contribution in [0, 0.1) is 11.7 Å². The Balaban J connectivity index is 2.37. The number of amides is 1. The summed E-state index contributed by atoms with van der Waals surface area (Å²) in [4.78, 5) is 23.7. The largest absolute Gasteiger partial charge is 0.481 e. The molecular weight excluding hydrogens is 426 g/mol. The summed E-state index contributed by atoms with van der Waals surface area (Å²) in [5, 5.41) is 11.4. The fraction of sp³-hybridized carbons (Fsp3) is 0.333. The fourth-order valence-electron chi connectivity index (χ4n) is 3.06. The van der Waals surface area contributed by atoms with Crippen molar-refractivity contribution in [3.63, 3.8) is 0 Å². The van der Waals surface area contributed by atoms with E-state index in [9.17, 15) is 27.2 Å². The van der Waals surface area contributed by atoms with Crippen molar-refractivity contribution in [2.45, 2.75) is 38.3 Å². The fourth-order valence-corrected chi connectivity index (χ4v) is 3.19. The average Bonchev–Trinajstić information content (AvgIpc) is 2.63. The highest BCUT2D eigenvalue weighted by Crippen LogP contribution is 2.38. The molecule has 0 heterocycles. The van der Waals surface area contributed by atoms with Crippen molar-refractivity contribution in [1.29, 1.82) is 0 Å². The number of hydrogen-bond donors (Lipinski definition) is 2. The number of alkyl halides is 3. The highest BCUT2D eigenvalue weighted by Gasteiger charge is 2.45. The number of anilines is 1. The highest BCUT2D eigenvalue weighted by molar-refractivity contribution is 6.30. The van der Waals surface area contributed by atoms with E-state index >= 15 is 0 Å². The molecule has 4 nitrogen and oxygen atoms in total. The van der Waals surface area contributed by atoms with Crippen LogP contribution in [0.1, 0.15) is 43.2 Å². The summed E-state index contributed by atoms with van der Waals surface area (Å²) in [7, 11) is 0. The molecule has 0 saturated heterocycles. The predicted octanol–water partition coefficient (Wildman–Crippen LogP) is 5.98. The second-order valence-corrected chi connectivity index (χ2v) is 7.52. The number of halogens is 5. The summed E-state index contributed by atoms with van der Waals surface area (Å²) in [6, 6.07) is 9.01. The Bertz CT molecular complexity index is 915. The molecule has 162 valence electrons. The highest BCUT2D eigenvalue weighted by atomic mass is 35.5. The van der Waals surface area contributed by atoms with Crippen LogP contribution in [0.15, 0.2) is 42.5 Å². The second kappa shape index (κ2) is 9.47. The van der Waals surface area contributed by atoms with Gasteiger partial charge in [-0.2, -0.15) is 13.2 Å². The van der Waals surface area contributed by atoms with Gasteiger partial charge in [0.1, 0.15) is 5.82 Å². The van der Waals surface area contributed by atoms with E-state index in [2.05, 4.69) is 5.32 Å². The van der Waals surface area contributed by atoms with Crippen LogP contribution in [0.4, 0.5) is 23.2 Å². The average molecular weight is 446 g/mol. The Hall–Kier alpha value is -2.61. The molecule has 0 aliphatic heterocycles. The van der Waals surface area contributed by atoms with Crippen LogP contribution in [-0.4, -0.2) is 23.2 Å². The van der Waals surface area contributed by atoms with Crippen LogP contribution in [0.2, 0.25) is 5.02 Å². The molecular formula is C21H20ClF4NO3. The van der Waals surface area contributed by atoms with Gasteiger partial charge in [0.15, 0.2) is 0 Å². The molecule has 30 heavy (non-hydrogen) atoms.